The Hall–Kier alpha value is -0.860. The minimum absolute atomic E-state index is 0.00319. The predicted molar refractivity (Wildman–Crippen MR) is 84.6 cm³/mol. The van der Waals surface area contributed by atoms with Gasteiger partial charge in [-0.15, -0.1) is 0 Å². The normalized spacial score (nSPS) is 13.9. The van der Waals surface area contributed by atoms with Crippen LogP contribution in [0.3, 0.4) is 0 Å². The van der Waals surface area contributed by atoms with Crippen molar-refractivity contribution < 1.29 is 9.59 Å². The molecule has 1 amide bonds. The molecule has 0 aromatic rings. The van der Waals surface area contributed by atoms with Crippen LogP contribution in [0.1, 0.15) is 74.1 Å². The molecule has 0 fully saturated rings. The summed E-state index contributed by atoms with van der Waals surface area (Å²) >= 11 is 0. The molecular weight excluding hydrogens is 250 g/mol. The molecule has 0 saturated carbocycles. The van der Waals surface area contributed by atoms with Gasteiger partial charge in [0.05, 0.1) is 0 Å². The number of carbonyl (C=O) groups excluding carboxylic acids is 2. The molecule has 0 rings (SSSR count). The third-order valence-electron chi connectivity index (χ3n) is 3.91. The van der Waals surface area contributed by atoms with Crippen LogP contribution in [0, 0.1) is 16.7 Å². The van der Waals surface area contributed by atoms with Crippen LogP contribution in [-0.2, 0) is 9.59 Å². The van der Waals surface area contributed by atoms with E-state index in [-0.39, 0.29) is 22.7 Å². The Morgan fingerprint density at radius 2 is 1.50 bits per heavy atom. The Bertz CT molecular complexity index is 321. The van der Waals surface area contributed by atoms with Crippen LogP contribution in [0.4, 0.5) is 0 Å². The number of Topliss-reactive ketones (excluding diaryl/α,β-unsaturated/α-hetero) is 1. The number of unbranched alkanes of at least 4 members (excludes halogenated alkanes) is 2. The van der Waals surface area contributed by atoms with Crippen LogP contribution in [-0.4, -0.2) is 18.2 Å². The van der Waals surface area contributed by atoms with Crippen LogP contribution >= 0.6 is 0 Å². The summed E-state index contributed by atoms with van der Waals surface area (Å²) < 4.78 is 0. The zero-order valence-corrected chi connectivity index (χ0v) is 14.4. The first-order chi connectivity index (χ1) is 8.96. The van der Waals surface area contributed by atoms with Gasteiger partial charge in [-0.05, 0) is 18.3 Å². The Morgan fingerprint density at radius 1 is 0.950 bits per heavy atom. The minimum atomic E-state index is -0.226. The summed E-state index contributed by atoms with van der Waals surface area (Å²) in [5.74, 6) is 0.469. The number of rotatable bonds is 7. The fourth-order valence-corrected chi connectivity index (χ4v) is 1.72. The number of ketones is 1. The van der Waals surface area contributed by atoms with E-state index in [1.54, 1.807) is 0 Å². The quantitative estimate of drug-likeness (QED) is 0.719. The van der Waals surface area contributed by atoms with Crippen molar-refractivity contribution in [1.82, 2.24) is 5.32 Å². The molecule has 0 aliphatic rings. The highest BCUT2D eigenvalue weighted by atomic mass is 16.2. The lowest BCUT2D eigenvalue weighted by Gasteiger charge is -2.26. The maximum atomic E-state index is 11.9. The summed E-state index contributed by atoms with van der Waals surface area (Å²) in [5.41, 5.74) is -0.223. The summed E-state index contributed by atoms with van der Waals surface area (Å²) in [4.78, 5) is 23.6. The molecule has 3 heteroatoms. The lowest BCUT2D eigenvalue weighted by atomic mass is 9.81. The van der Waals surface area contributed by atoms with Gasteiger partial charge in [-0.25, -0.2) is 0 Å². The zero-order chi connectivity index (χ0) is 16.0. The molecule has 1 atom stereocenters. The van der Waals surface area contributed by atoms with E-state index in [0.717, 1.165) is 19.3 Å². The minimum Gasteiger partial charge on any atom is -0.356 e. The van der Waals surface area contributed by atoms with Gasteiger partial charge < -0.3 is 5.32 Å². The Kier molecular flexibility index (Phi) is 7.46. The fraction of sp³-hybridized carbons (Fsp3) is 0.882. The molecule has 0 aromatic heterocycles. The first-order valence-corrected chi connectivity index (χ1v) is 7.77. The molecule has 0 heterocycles. The van der Waals surface area contributed by atoms with Crippen molar-refractivity contribution in [2.45, 2.75) is 74.1 Å². The number of amides is 1. The molecule has 1 unspecified atom stereocenters. The van der Waals surface area contributed by atoms with Crippen molar-refractivity contribution in [3.8, 4) is 0 Å². The lowest BCUT2D eigenvalue weighted by molar-refractivity contribution is -0.128. The van der Waals surface area contributed by atoms with E-state index < -0.39 is 0 Å². The van der Waals surface area contributed by atoms with Crippen molar-refractivity contribution in [2.75, 3.05) is 6.54 Å². The van der Waals surface area contributed by atoms with Crippen LogP contribution in [0.2, 0.25) is 0 Å². The topological polar surface area (TPSA) is 46.2 Å². The lowest BCUT2D eigenvalue weighted by Crippen LogP contribution is -2.36. The number of nitrogens with one attached hydrogen (secondary N) is 1. The molecule has 0 aromatic carbocycles. The van der Waals surface area contributed by atoms with Gasteiger partial charge in [-0.1, -0.05) is 54.9 Å². The number of hydrogen-bond acceptors (Lipinski definition) is 2. The third-order valence-corrected chi connectivity index (χ3v) is 3.91. The summed E-state index contributed by atoms with van der Waals surface area (Å²) in [5, 5.41) is 2.98. The average molecular weight is 283 g/mol. The monoisotopic (exact) mass is 283 g/mol. The second-order valence-corrected chi connectivity index (χ2v) is 7.86. The summed E-state index contributed by atoms with van der Waals surface area (Å²) in [6, 6.07) is 0. The molecule has 0 saturated heterocycles. The van der Waals surface area contributed by atoms with Gasteiger partial charge >= 0.3 is 0 Å². The molecular formula is C17H33NO2. The largest absolute Gasteiger partial charge is 0.356 e. The van der Waals surface area contributed by atoms with E-state index in [2.05, 4.69) is 26.1 Å². The maximum Gasteiger partial charge on any atom is 0.223 e. The Labute approximate surface area is 124 Å². The van der Waals surface area contributed by atoms with Crippen LogP contribution < -0.4 is 5.32 Å². The summed E-state index contributed by atoms with van der Waals surface area (Å²) in [7, 11) is 0. The third kappa shape index (κ3) is 7.66. The predicted octanol–water partition coefficient (Wildman–Crippen LogP) is 3.96. The second-order valence-electron chi connectivity index (χ2n) is 7.86. The number of carbonyl (C=O) groups is 2. The van der Waals surface area contributed by atoms with Crippen molar-refractivity contribution in [2.24, 2.45) is 16.7 Å². The average Bonchev–Trinajstić information content (AvgIpc) is 2.29. The van der Waals surface area contributed by atoms with Gasteiger partial charge in [0.2, 0.25) is 5.91 Å². The van der Waals surface area contributed by atoms with E-state index in [1.165, 1.54) is 0 Å². The molecule has 0 radical (unpaired) electrons. The van der Waals surface area contributed by atoms with Gasteiger partial charge in [0.25, 0.3) is 0 Å². The van der Waals surface area contributed by atoms with Gasteiger partial charge in [0.15, 0.2) is 0 Å². The van der Waals surface area contributed by atoms with Gasteiger partial charge in [-0.3, -0.25) is 9.59 Å². The standard InChI is InChI=1S/C17H33NO2/c1-13(16(2,3)4)15(20)18-12-10-8-9-11-14(19)17(5,6)7/h13H,8-12H2,1-7H3,(H,18,20). The van der Waals surface area contributed by atoms with Gasteiger partial charge in [0.1, 0.15) is 5.78 Å². The van der Waals surface area contributed by atoms with Crippen molar-refractivity contribution in [1.29, 1.82) is 0 Å². The van der Waals surface area contributed by atoms with Crippen molar-refractivity contribution in [3.05, 3.63) is 0 Å². The van der Waals surface area contributed by atoms with E-state index in [4.69, 9.17) is 0 Å². The Balaban J connectivity index is 3.74. The van der Waals surface area contributed by atoms with Crippen LogP contribution in [0.5, 0.6) is 0 Å². The maximum absolute atomic E-state index is 11.9. The van der Waals surface area contributed by atoms with Crippen LogP contribution in [0.15, 0.2) is 0 Å². The highest BCUT2D eigenvalue weighted by molar-refractivity contribution is 5.83. The molecule has 0 bridgehead atoms. The highest BCUT2D eigenvalue weighted by Crippen LogP contribution is 2.25. The highest BCUT2D eigenvalue weighted by Gasteiger charge is 2.26. The van der Waals surface area contributed by atoms with Crippen molar-refractivity contribution in [3.63, 3.8) is 0 Å². The smallest absolute Gasteiger partial charge is 0.223 e. The van der Waals surface area contributed by atoms with Crippen molar-refractivity contribution >= 4 is 11.7 Å². The van der Waals surface area contributed by atoms with Gasteiger partial charge in [0, 0.05) is 24.3 Å². The van der Waals surface area contributed by atoms with Gasteiger partial charge in [-0.2, -0.15) is 0 Å². The molecule has 1 N–H and O–H groups in total. The number of hydrogen-bond donors (Lipinski definition) is 1. The molecule has 118 valence electrons. The zero-order valence-electron chi connectivity index (χ0n) is 14.4. The van der Waals surface area contributed by atoms with Crippen LogP contribution in [0.25, 0.3) is 0 Å². The first kappa shape index (κ1) is 19.1. The molecule has 0 aliphatic carbocycles. The summed E-state index contributed by atoms with van der Waals surface area (Å²) in [6.45, 7) is 14.8. The summed E-state index contributed by atoms with van der Waals surface area (Å²) in [6.07, 6.45) is 3.50. The van der Waals surface area contributed by atoms with E-state index in [0.29, 0.717) is 18.7 Å². The fourth-order valence-electron chi connectivity index (χ4n) is 1.72. The van der Waals surface area contributed by atoms with E-state index in [9.17, 15) is 9.59 Å². The van der Waals surface area contributed by atoms with E-state index >= 15 is 0 Å². The second kappa shape index (κ2) is 7.80. The first-order valence-electron chi connectivity index (χ1n) is 7.77. The molecule has 0 spiro atoms. The van der Waals surface area contributed by atoms with E-state index in [1.807, 2.05) is 27.7 Å². The SMILES string of the molecule is CC(C(=O)NCCCCCC(=O)C(C)(C)C)C(C)(C)C. The molecule has 20 heavy (non-hydrogen) atoms. The molecule has 0 aliphatic heterocycles. The Morgan fingerprint density at radius 3 is 1.95 bits per heavy atom. The molecule has 3 nitrogen and oxygen atoms in total.